The van der Waals surface area contributed by atoms with Crippen molar-refractivity contribution < 1.29 is 18.3 Å². The zero-order valence-electron chi connectivity index (χ0n) is 10.4. The van der Waals surface area contributed by atoms with Crippen LogP contribution in [0.1, 0.15) is 19.3 Å². The third-order valence-electron chi connectivity index (χ3n) is 4.03. The van der Waals surface area contributed by atoms with Gasteiger partial charge in [-0.2, -0.15) is 4.31 Å². The summed E-state index contributed by atoms with van der Waals surface area (Å²) >= 11 is 3.21. The fraction of sp³-hybridized carbons (Fsp3) is 0.500. The third kappa shape index (κ3) is 2.06. The lowest BCUT2D eigenvalue weighted by Crippen LogP contribution is -2.38. The molecule has 6 nitrogen and oxygen atoms in total. The summed E-state index contributed by atoms with van der Waals surface area (Å²) in [6.45, 7) is 0. The molecular weight excluding hydrogens is 348 g/mol. The average Bonchev–Trinajstić information content (AvgIpc) is 2.97. The maximum absolute atomic E-state index is 12.6. The first-order valence-corrected chi connectivity index (χ1v) is 8.52. The van der Waals surface area contributed by atoms with Crippen LogP contribution in [-0.4, -0.2) is 40.9 Å². The van der Waals surface area contributed by atoms with Crippen LogP contribution in [0.4, 0.5) is 0 Å². The first kappa shape index (κ1) is 14.0. The Balaban J connectivity index is 1.97. The molecule has 2 bridgehead atoms. The van der Waals surface area contributed by atoms with Crippen LogP contribution in [0.5, 0.6) is 0 Å². The lowest BCUT2D eigenvalue weighted by molar-refractivity contribution is -0.142. The van der Waals surface area contributed by atoms with Crippen molar-refractivity contribution in [2.45, 2.75) is 36.4 Å². The van der Waals surface area contributed by atoms with Crippen molar-refractivity contribution in [3.05, 3.63) is 22.8 Å². The van der Waals surface area contributed by atoms with E-state index in [0.717, 1.165) is 6.42 Å². The van der Waals surface area contributed by atoms with Gasteiger partial charge in [0.25, 0.3) is 10.0 Å². The molecule has 1 aromatic heterocycles. The number of halogens is 1. The van der Waals surface area contributed by atoms with Crippen LogP contribution in [0.3, 0.4) is 0 Å². The Hall–Kier alpha value is -0.990. The molecule has 0 aliphatic carbocycles. The van der Waals surface area contributed by atoms with Crippen molar-refractivity contribution >= 4 is 31.9 Å². The molecular formula is C12H13BrN2O4S. The number of carboxylic acids is 1. The van der Waals surface area contributed by atoms with Gasteiger partial charge in [-0.25, -0.2) is 13.4 Å². The van der Waals surface area contributed by atoms with Crippen molar-refractivity contribution in [1.29, 1.82) is 0 Å². The van der Waals surface area contributed by atoms with E-state index < -0.39 is 28.0 Å². The minimum absolute atomic E-state index is 0.0244. The number of hydrogen-bond acceptors (Lipinski definition) is 4. The summed E-state index contributed by atoms with van der Waals surface area (Å²) in [4.78, 5) is 15.1. The lowest BCUT2D eigenvalue weighted by Gasteiger charge is -2.21. The minimum atomic E-state index is -3.72. The Bertz CT molecular complexity index is 646. The molecule has 0 spiro atoms. The number of hydrogen-bond donors (Lipinski definition) is 1. The number of aromatic nitrogens is 1. The van der Waals surface area contributed by atoms with E-state index >= 15 is 0 Å². The molecule has 2 fully saturated rings. The highest BCUT2D eigenvalue weighted by molar-refractivity contribution is 9.10. The second-order valence-electron chi connectivity index (χ2n) is 5.13. The highest BCUT2D eigenvalue weighted by Gasteiger charge is 2.54. The van der Waals surface area contributed by atoms with Crippen molar-refractivity contribution in [3.63, 3.8) is 0 Å². The van der Waals surface area contributed by atoms with Gasteiger partial charge in [-0.05, 0) is 47.3 Å². The molecule has 1 aromatic rings. The topological polar surface area (TPSA) is 87.6 Å². The summed E-state index contributed by atoms with van der Waals surface area (Å²) in [6.07, 6.45) is 3.16. The van der Waals surface area contributed by atoms with Crippen LogP contribution >= 0.6 is 15.9 Å². The predicted molar refractivity (Wildman–Crippen MR) is 73.5 cm³/mol. The van der Waals surface area contributed by atoms with Gasteiger partial charge in [-0.1, -0.05) is 0 Å². The molecule has 108 valence electrons. The molecule has 20 heavy (non-hydrogen) atoms. The summed E-state index contributed by atoms with van der Waals surface area (Å²) in [6, 6.07) is 2.41. The Labute approximate surface area is 125 Å². The summed E-state index contributed by atoms with van der Waals surface area (Å²) in [5, 5.41) is 9.16. The number of fused-ring (bicyclic) bond motifs is 2. The average molecular weight is 361 g/mol. The summed E-state index contributed by atoms with van der Waals surface area (Å²) in [5.74, 6) is -1.51. The molecule has 0 amide bonds. The summed E-state index contributed by atoms with van der Waals surface area (Å²) in [7, 11) is -3.72. The molecule has 0 radical (unpaired) electrons. The maximum atomic E-state index is 12.6. The van der Waals surface area contributed by atoms with Crippen LogP contribution in [-0.2, 0) is 14.8 Å². The standard InChI is InChI=1S/C12H13BrN2O4S/c13-7-1-4-11(14-6-7)20(18,19)15-8-2-3-10(15)9(5-8)12(16)17/h1,4,6,8-10H,2-3,5H2,(H,16,17). The van der Waals surface area contributed by atoms with E-state index in [1.807, 2.05) is 0 Å². The third-order valence-corrected chi connectivity index (χ3v) is 6.40. The molecule has 2 aliphatic heterocycles. The Morgan fingerprint density at radius 2 is 2.15 bits per heavy atom. The number of rotatable bonds is 3. The monoisotopic (exact) mass is 360 g/mol. The molecule has 3 unspecified atom stereocenters. The van der Waals surface area contributed by atoms with Gasteiger partial charge >= 0.3 is 5.97 Å². The predicted octanol–water partition coefficient (Wildman–Crippen LogP) is 1.47. The van der Waals surface area contributed by atoms with Gasteiger partial charge in [-0.15, -0.1) is 0 Å². The number of pyridine rings is 1. The van der Waals surface area contributed by atoms with Crippen molar-refractivity contribution in [2.75, 3.05) is 0 Å². The van der Waals surface area contributed by atoms with Crippen LogP contribution in [0.15, 0.2) is 27.8 Å². The fourth-order valence-electron chi connectivity index (χ4n) is 3.20. The first-order valence-electron chi connectivity index (χ1n) is 6.29. The van der Waals surface area contributed by atoms with E-state index in [1.54, 1.807) is 6.07 Å². The van der Waals surface area contributed by atoms with E-state index in [1.165, 1.54) is 16.6 Å². The molecule has 3 heterocycles. The quantitative estimate of drug-likeness (QED) is 0.881. The molecule has 2 saturated heterocycles. The van der Waals surface area contributed by atoms with E-state index in [4.69, 9.17) is 0 Å². The largest absolute Gasteiger partial charge is 0.481 e. The van der Waals surface area contributed by atoms with Gasteiger partial charge in [0.15, 0.2) is 5.03 Å². The second kappa shape index (κ2) is 4.78. The van der Waals surface area contributed by atoms with Gasteiger partial charge in [0.05, 0.1) is 5.92 Å². The fourth-order valence-corrected chi connectivity index (χ4v) is 5.27. The first-order chi connectivity index (χ1) is 9.41. The van der Waals surface area contributed by atoms with Crippen molar-refractivity contribution in [2.24, 2.45) is 5.92 Å². The number of carboxylic acid groups (broad SMARTS) is 1. The van der Waals surface area contributed by atoms with Gasteiger partial charge in [-0.3, -0.25) is 4.79 Å². The smallest absolute Gasteiger partial charge is 0.308 e. The zero-order valence-corrected chi connectivity index (χ0v) is 12.8. The van der Waals surface area contributed by atoms with Crippen molar-refractivity contribution in [3.8, 4) is 0 Å². The highest BCUT2D eigenvalue weighted by Crippen LogP contribution is 2.44. The van der Waals surface area contributed by atoms with Gasteiger partial charge in [0.2, 0.25) is 0 Å². The maximum Gasteiger partial charge on any atom is 0.308 e. The van der Waals surface area contributed by atoms with Crippen LogP contribution in [0.2, 0.25) is 0 Å². The van der Waals surface area contributed by atoms with E-state index in [9.17, 15) is 18.3 Å². The minimum Gasteiger partial charge on any atom is -0.481 e. The molecule has 0 aromatic carbocycles. The van der Waals surface area contributed by atoms with Crippen molar-refractivity contribution in [1.82, 2.24) is 9.29 Å². The normalized spacial score (nSPS) is 29.8. The van der Waals surface area contributed by atoms with Crippen LogP contribution in [0.25, 0.3) is 0 Å². The summed E-state index contributed by atoms with van der Waals surface area (Å²) < 4.78 is 27.3. The number of carbonyl (C=O) groups is 1. The number of sulfonamides is 1. The van der Waals surface area contributed by atoms with E-state index in [-0.39, 0.29) is 11.1 Å². The Kier molecular flexibility index (Phi) is 3.34. The lowest BCUT2D eigenvalue weighted by atomic mass is 9.89. The van der Waals surface area contributed by atoms with E-state index in [2.05, 4.69) is 20.9 Å². The molecule has 3 rings (SSSR count). The van der Waals surface area contributed by atoms with Gasteiger partial charge < -0.3 is 5.11 Å². The van der Waals surface area contributed by atoms with Gasteiger partial charge in [0.1, 0.15) is 0 Å². The molecule has 8 heteroatoms. The van der Waals surface area contributed by atoms with Crippen LogP contribution < -0.4 is 0 Å². The highest BCUT2D eigenvalue weighted by atomic mass is 79.9. The SMILES string of the molecule is O=C(O)C1CC2CCC1N2S(=O)(=O)c1ccc(Br)cn1. The Morgan fingerprint density at radius 1 is 1.40 bits per heavy atom. The Morgan fingerprint density at radius 3 is 2.70 bits per heavy atom. The van der Waals surface area contributed by atoms with E-state index in [0.29, 0.717) is 17.3 Å². The second-order valence-corrected chi connectivity index (χ2v) is 7.83. The van der Waals surface area contributed by atoms with Gasteiger partial charge in [0, 0.05) is 22.8 Å². The molecule has 3 atom stereocenters. The number of aliphatic carboxylic acids is 1. The molecule has 0 saturated carbocycles. The summed E-state index contributed by atoms with van der Waals surface area (Å²) in [5.41, 5.74) is 0. The molecule has 1 N–H and O–H groups in total. The number of nitrogens with zero attached hydrogens (tertiary/aromatic N) is 2. The van der Waals surface area contributed by atoms with Crippen LogP contribution in [0, 0.1) is 5.92 Å². The zero-order chi connectivity index (χ0) is 14.5. The molecule has 2 aliphatic rings.